The molecular weight excluding hydrogens is 692 g/mol. The first-order valence-electron chi connectivity index (χ1n) is 19.3. The van der Waals surface area contributed by atoms with Crippen molar-refractivity contribution in [3.63, 3.8) is 0 Å². The standard InChI is InChI=1S/C39H64O14/c1-10-38(6)16-20-11-12-23-37(4,5)24(13-14-39(23,7)21(20)15-25(38)52-34-29(44)31(46-8)26(41)18(2)48-34)51-36-33(28(43)22(17-40)50-36)53-35-30(45)32(47-9)27(42)19(3)49-35/h10,16,18-19,21-36,40-45H,1,11-15,17H2,2-9H3/t18-,19+,21-,22+,23-,24-,25+,26-,27+,28+,29-,30-,31+,32-,33-,34+,35+,36+,38-,39+/m1/s1. The number of rotatable bonds is 10. The van der Waals surface area contributed by atoms with Gasteiger partial charge in [-0.05, 0) is 68.6 Å². The summed E-state index contributed by atoms with van der Waals surface area (Å²) in [4.78, 5) is 0. The molecule has 5 fully saturated rings. The molecule has 0 aromatic rings. The maximum Gasteiger partial charge on any atom is 0.187 e. The van der Waals surface area contributed by atoms with Crippen molar-refractivity contribution in [1.29, 1.82) is 0 Å². The molecule has 6 aliphatic rings. The molecular formula is C39H64O14. The Morgan fingerprint density at radius 2 is 1.32 bits per heavy atom. The third-order valence-corrected chi connectivity index (χ3v) is 14.0. The minimum atomic E-state index is -1.35. The van der Waals surface area contributed by atoms with Crippen LogP contribution in [0, 0.1) is 28.1 Å². The van der Waals surface area contributed by atoms with Crippen LogP contribution >= 0.6 is 0 Å². The predicted octanol–water partition coefficient (Wildman–Crippen LogP) is 1.56. The van der Waals surface area contributed by atoms with E-state index in [0.29, 0.717) is 12.8 Å². The van der Waals surface area contributed by atoms with Crippen molar-refractivity contribution in [1.82, 2.24) is 0 Å². The number of allylic oxidation sites excluding steroid dienone is 1. The monoisotopic (exact) mass is 756 g/mol. The first-order valence-corrected chi connectivity index (χ1v) is 19.3. The summed E-state index contributed by atoms with van der Waals surface area (Å²) in [6, 6.07) is 0. The van der Waals surface area contributed by atoms with Crippen LogP contribution in [0.4, 0.5) is 0 Å². The van der Waals surface area contributed by atoms with Crippen molar-refractivity contribution in [2.45, 2.75) is 172 Å². The molecule has 0 amide bonds. The van der Waals surface area contributed by atoms with Crippen molar-refractivity contribution in [3.05, 3.63) is 24.3 Å². The Morgan fingerprint density at radius 3 is 1.87 bits per heavy atom. The Hall–Kier alpha value is -1.08. The van der Waals surface area contributed by atoms with Crippen LogP contribution in [-0.4, -0.2) is 150 Å². The molecule has 0 radical (unpaired) electrons. The van der Waals surface area contributed by atoms with Gasteiger partial charge in [-0.25, -0.2) is 0 Å². The molecule has 6 N–H and O–H groups in total. The van der Waals surface area contributed by atoms with Crippen LogP contribution in [0.1, 0.15) is 73.6 Å². The van der Waals surface area contributed by atoms with E-state index < -0.39 is 98.0 Å². The van der Waals surface area contributed by atoms with Gasteiger partial charge in [0.25, 0.3) is 0 Å². The van der Waals surface area contributed by atoms with Gasteiger partial charge < -0.3 is 68.5 Å². The van der Waals surface area contributed by atoms with Gasteiger partial charge in [-0.2, -0.15) is 0 Å². The molecule has 3 aliphatic carbocycles. The average molecular weight is 757 g/mol. The van der Waals surface area contributed by atoms with Gasteiger partial charge in [0.05, 0.1) is 31.0 Å². The highest BCUT2D eigenvalue weighted by atomic mass is 16.8. The minimum Gasteiger partial charge on any atom is -0.394 e. The predicted molar refractivity (Wildman–Crippen MR) is 189 cm³/mol. The maximum atomic E-state index is 11.2. The molecule has 3 aliphatic heterocycles. The van der Waals surface area contributed by atoms with E-state index in [1.165, 1.54) is 19.8 Å². The number of ether oxygens (including phenoxy) is 8. The highest BCUT2D eigenvalue weighted by molar-refractivity contribution is 5.29. The lowest BCUT2D eigenvalue weighted by atomic mass is 9.44. The quantitative estimate of drug-likeness (QED) is 0.176. The fourth-order valence-electron chi connectivity index (χ4n) is 10.6. The Labute approximate surface area is 313 Å². The van der Waals surface area contributed by atoms with Gasteiger partial charge in [-0.1, -0.05) is 45.4 Å². The lowest BCUT2D eigenvalue weighted by Crippen LogP contribution is -2.61. The van der Waals surface area contributed by atoms with Gasteiger partial charge in [-0.15, -0.1) is 6.58 Å². The number of hydrogen-bond acceptors (Lipinski definition) is 14. The third-order valence-electron chi connectivity index (χ3n) is 14.0. The molecule has 0 bridgehead atoms. The van der Waals surface area contributed by atoms with Crippen LogP contribution in [0.15, 0.2) is 24.3 Å². The zero-order valence-corrected chi connectivity index (χ0v) is 32.4. The van der Waals surface area contributed by atoms with Crippen molar-refractivity contribution < 1.29 is 68.5 Å². The number of hydrogen-bond donors (Lipinski definition) is 6. The Kier molecular flexibility index (Phi) is 12.3. The van der Waals surface area contributed by atoms with E-state index in [2.05, 4.69) is 40.3 Å². The molecule has 2 saturated carbocycles. The first-order chi connectivity index (χ1) is 24.9. The SMILES string of the molecule is C=C[C@]1(C)C=C2CC[C@@H]3C(C)(C)[C@H](O[C@@H]4O[C@@H](CO)[C@H](O)[C@H]4O[C@@H]4O[C@@H](C)[C@H](O)[C@@H](OC)[C@H]4O)CC[C@@]3(C)[C@@H]2C[C@@H]1O[C@@H]1O[C@H](C)[C@@H](O)[C@H](OC)[C@H]1O. The number of methoxy groups -OCH3 is 2. The van der Waals surface area contributed by atoms with Gasteiger partial charge in [0.2, 0.25) is 0 Å². The van der Waals surface area contributed by atoms with Gasteiger partial charge in [0, 0.05) is 19.6 Å². The normalized spacial score (nSPS) is 52.7. The molecule has 304 valence electrons. The summed E-state index contributed by atoms with van der Waals surface area (Å²) < 4.78 is 48.2. The number of aliphatic hydroxyl groups excluding tert-OH is 6. The summed E-state index contributed by atoms with van der Waals surface area (Å²) in [5.74, 6) is 0.402. The number of fused-ring (bicyclic) bond motifs is 3. The largest absolute Gasteiger partial charge is 0.394 e. The maximum absolute atomic E-state index is 11.2. The zero-order chi connectivity index (χ0) is 38.8. The lowest BCUT2D eigenvalue weighted by Gasteiger charge is -2.62. The smallest absolute Gasteiger partial charge is 0.187 e. The lowest BCUT2D eigenvalue weighted by molar-refractivity contribution is -0.329. The summed E-state index contributed by atoms with van der Waals surface area (Å²) >= 11 is 0. The summed E-state index contributed by atoms with van der Waals surface area (Å²) in [5, 5.41) is 64.3. The van der Waals surface area contributed by atoms with E-state index in [4.69, 9.17) is 37.9 Å². The van der Waals surface area contributed by atoms with Crippen LogP contribution in [0.2, 0.25) is 0 Å². The molecule has 0 aromatic heterocycles. The van der Waals surface area contributed by atoms with E-state index >= 15 is 0 Å². The van der Waals surface area contributed by atoms with Crippen molar-refractivity contribution in [3.8, 4) is 0 Å². The van der Waals surface area contributed by atoms with Crippen LogP contribution in [0.5, 0.6) is 0 Å². The molecule has 3 heterocycles. The zero-order valence-electron chi connectivity index (χ0n) is 32.4. The Morgan fingerprint density at radius 1 is 0.755 bits per heavy atom. The Balaban J connectivity index is 1.20. The van der Waals surface area contributed by atoms with E-state index in [0.717, 1.165) is 19.3 Å². The highest BCUT2D eigenvalue weighted by Gasteiger charge is 2.61. The second-order valence-electron chi connectivity index (χ2n) is 17.4. The molecule has 53 heavy (non-hydrogen) atoms. The van der Waals surface area contributed by atoms with Crippen LogP contribution in [-0.2, 0) is 37.9 Å². The van der Waals surface area contributed by atoms with Crippen molar-refractivity contribution >= 4 is 0 Å². The van der Waals surface area contributed by atoms with E-state index in [-0.39, 0.29) is 34.9 Å². The molecule has 0 aromatic carbocycles. The molecule has 14 heteroatoms. The summed E-state index contributed by atoms with van der Waals surface area (Å²) in [7, 11) is 2.84. The summed E-state index contributed by atoms with van der Waals surface area (Å²) in [6.07, 6.45) is -6.72. The first kappa shape index (κ1) is 41.6. The Bertz CT molecular complexity index is 1310. The topological polar surface area (TPSA) is 195 Å². The van der Waals surface area contributed by atoms with Gasteiger partial charge >= 0.3 is 0 Å². The van der Waals surface area contributed by atoms with E-state index in [1.807, 2.05) is 6.08 Å². The fraction of sp³-hybridized carbons (Fsp3) is 0.897. The highest BCUT2D eigenvalue weighted by Crippen LogP contribution is 2.65. The molecule has 6 rings (SSSR count). The van der Waals surface area contributed by atoms with Crippen LogP contribution in [0.25, 0.3) is 0 Å². The third kappa shape index (κ3) is 7.22. The molecule has 3 saturated heterocycles. The van der Waals surface area contributed by atoms with E-state index in [1.54, 1.807) is 13.8 Å². The van der Waals surface area contributed by atoms with Gasteiger partial charge in [-0.3, -0.25) is 0 Å². The second-order valence-corrected chi connectivity index (χ2v) is 17.4. The van der Waals surface area contributed by atoms with E-state index in [9.17, 15) is 30.6 Å². The molecule has 20 atom stereocenters. The summed E-state index contributed by atoms with van der Waals surface area (Å²) in [6.45, 7) is 16.0. The molecule has 0 spiro atoms. The molecule has 0 unspecified atom stereocenters. The fourth-order valence-corrected chi connectivity index (χ4v) is 10.6. The number of aliphatic hydroxyl groups is 6. The van der Waals surface area contributed by atoms with Crippen LogP contribution in [0.3, 0.4) is 0 Å². The van der Waals surface area contributed by atoms with Crippen molar-refractivity contribution in [2.75, 3.05) is 20.8 Å². The van der Waals surface area contributed by atoms with Crippen LogP contribution < -0.4 is 0 Å². The second kappa shape index (κ2) is 15.7. The van der Waals surface area contributed by atoms with Gasteiger partial charge in [0.15, 0.2) is 18.9 Å². The minimum absolute atomic E-state index is 0.131. The molecule has 14 nitrogen and oxygen atoms in total. The average Bonchev–Trinajstić information content (AvgIpc) is 3.41. The summed E-state index contributed by atoms with van der Waals surface area (Å²) in [5.41, 5.74) is 0.383. The van der Waals surface area contributed by atoms with Gasteiger partial charge in [0.1, 0.15) is 54.9 Å². The van der Waals surface area contributed by atoms with Crippen molar-refractivity contribution in [2.24, 2.45) is 28.1 Å².